The van der Waals surface area contributed by atoms with Crippen LogP contribution in [0.4, 0.5) is 0 Å². The summed E-state index contributed by atoms with van der Waals surface area (Å²) in [6, 6.07) is 0. The molecule has 0 bridgehead atoms. The van der Waals surface area contributed by atoms with Crippen molar-refractivity contribution in [3.8, 4) is 0 Å². The number of nitrogens with zero attached hydrogens (tertiary/aromatic N) is 1. The van der Waals surface area contributed by atoms with Crippen LogP contribution in [0.25, 0.3) is 0 Å². The van der Waals surface area contributed by atoms with Crippen LogP contribution in [0.3, 0.4) is 0 Å². The second-order valence-electron chi connectivity index (χ2n) is 4.00. The molecule has 1 aliphatic rings. The molecule has 1 fully saturated rings. The summed E-state index contributed by atoms with van der Waals surface area (Å²) in [7, 11) is -2.99. The predicted octanol–water partition coefficient (Wildman–Crippen LogP) is 1.32. The third-order valence-corrected chi connectivity index (χ3v) is 6.13. The molecule has 1 saturated heterocycles. The van der Waals surface area contributed by atoms with Crippen molar-refractivity contribution in [1.29, 1.82) is 0 Å². The van der Waals surface area contributed by atoms with Crippen molar-refractivity contribution < 1.29 is 13.5 Å². The van der Waals surface area contributed by atoms with Gasteiger partial charge in [0.05, 0.1) is 11.4 Å². The molecule has 6 heteroatoms. The van der Waals surface area contributed by atoms with Crippen LogP contribution < -0.4 is 0 Å². The lowest BCUT2D eigenvalue weighted by Gasteiger charge is -2.19. The summed E-state index contributed by atoms with van der Waals surface area (Å²) in [6.45, 7) is 0.0561. The lowest BCUT2D eigenvalue weighted by Crippen LogP contribution is -2.21. The normalized spacial score (nSPS) is 24.4. The first kappa shape index (κ1) is 12.0. The van der Waals surface area contributed by atoms with E-state index in [1.165, 1.54) is 11.3 Å². The number of aliphatic hydroxyl groups excluding tert-OH is 1. The van der Waals surface area contributed by atoms with Crippen LogP contribution in [0.2, 0.25) is 0 Å². The Morgan fingerprint density at radius 2 is 2.31 bits per heavy atom. The molecule has 2 rings (SSSR count). The minimum Gasteiger partial charge on any atom is -0.396 e. The van der Waals surface area contributed by atoms with Crippen LogP contribution in [-0.2, 0) is 16.3 Å². The number of hydrogen-bond donors (Lipinski definition) is 1. The topological polar surface area (TPSA) is 67.3 Å². The number of hydrogen-bond acceptors (Lipinski definition) is 5. The van der Waals surface area contributed by atoms with Gasteiger partial charge < -0.3 is 5.11 Å². The van der Waals surface area contributed by atoms with Gasteiger partial charge in [0.15, 0.2) is 9.84 Å². The Kier molecular flexibility index (Phi) is 3.61. The van der Waals surface area contributed by atoms with Gasteiger partial charge in [0, 0.05) is 18.4 Å². The molecule has 90 valence electrons. The Balaban J connectivity index is 2.22. The van der Waals surface area contributed by atoms with Gasteiger partial charge in [-0.15, -0.1) is 11.3 Å². The molecule has 0 saturated carbocycles. The Labute approximate surface area is 99.3 Å². The molecule has 1 aromatic rings. The number of aromatic nitrogens is 1. The Hall–Kier alpha value is -0.460. The maximum absolute atomic E-state index is 11.9. The molecule has 2 heterocycles. The van der Waals surface area contributed by atoms with Gasteiger partial charge in [0.1, 0.15) is 10.3 Å². The van der Waals surface area contributed by atoms with Crippen molar-refractivity contribution in [2.45, 2.75) is 30.9 Å². The van der Waals surface area contributed by atoms with Crippen molar-refractivity contribution in [3.05, 3.63) is 16.1 Å². The van der Waals surface area contributed by atoms with Crippen molar-refractivity contribution >= 4 is 21.2 Å². The van der Waals surface area contributed by atoms with E-state index in [0.29, 0.717) is 17.8 Å². The van der Waals surface area contributed by atoms with Gasteiger partial charge in [-0.25, -0.2) is 13.4 Å². The highest BCUT2D eigenvalue weighted by molar-refractivity contribution is 7.91. The second-order valence-corrected chi connectivity index (χ2v) is 7.19. The first-order valence-electron chi connectivity index (χ1n) is 5.40. The van der Waals surface area contributed by atoms with E-state index in [2.05, 4.69) is 4.98 Å². The molecule has 0 amide bonds. The molecular formula is C10H15NO3S2. The smallest absolute Gasteiger partial charge is 0.159 e. The molecule has 16 heavy (non-hydrogen) atoms. The molecule has 0 aliphatic carbocycles. The molecule has 1 N–H and O–H groups in total. The fourth-order valence-corrected chi connectivity index (χ4v) is 5.18. The van der Waals surface area contributed by atoms with Crippen LogP contribution in [0, 0.1) is 0 Å². The summed E-state index contributed by atoms with van der Waals surface area (Å²) >= 11 is 1.40. The molecular weight excluding hydrogens is 246 g/mol. The zero-order valence-electron chi connectivity index (χ0n) is 8.92. The van der Waals surface area contributed by atoms with Crippen LogP contribution >= 0.6 is 11.3 Å². The Morgan fingerprint density at radius 3 is 3.00 bits per heavy atom. The largest absolute Gasteiger partial charge is 0.396 e. The zero-order valence-corrected chi connectivity index (χ0v) is 10.6. The van der Waals surface area contributed by atoms with Crippen molar-refractivity contribution in [3.63, 3.8) is 0 Å². The monoisotopic (exact) mass is 261 g/mol. The molecule has 1 atom stereocenters. The Morgan fingerprint density at radius 1 is 1.50 bits per heavy atom. The highest BCUT2D eigenvalue weighted by Crippen LogP contribution is 2.34. The van der Waals surface area contributed by atoms with Crippen LogP contribution in [0.1, 0.15) is 35.2 Å². The number of sulfone groups is 1. The van der Waals surface area contributed by atoms with Crippen LogP contribution in [-0.4, -0.2) is 30.9 Å². The summed E-state index contributed by atoms with van der Waals surface area (Å²) in [5, 5.41) is 10.9. The highest BCUT2D eigenvalue weighted by atomic mass is 32.2. The van der Waals surface area contributed by atoms with Crippen molar-refractivity contribution in [1.82, 2.24) is 4.98 Å². The minimum atomic E-state index is -2.99. The van der Waals surface area contributed by atoms with Gasteiger partial charge in [0.25, 0.3) is 0 Å². The summed E-state index contributed by atoms with van der Waals surface area (Å²) in [5.74, 6) is 0.284. The number of thiazole rings is 1. The summed E-state index contributed by atoms with van der Waals surface area (Å²) in [5.41, 5.74) is 0.795. The van der Waals surface area contributed by atoms with E-state index in [1.807, 2.05) is 5.38 Å². The number of aliphatic hydroxyl groups is 1. The maximum Gasteiger partial charge on any atom is 0.159 e. The van der Waals surface area contributed by atoms with Crippen molar-refractivity contribution in [2.75, 3.05) is 12.4 Å². The highest BCUT2D eigenvalue weighted by Gasteiger charge is 2.32. The van der Waals surface area contributed by atoms with Gasteiger partial charge in [0.2, 0.25) is 0 Å². The van der Waals surface area contributed by atoms with Gasteiger partial charge in [-0.3, -0.25) is 0 Å². The lowest BCUT2D eigenvalue weighted by atomic mass is 10.2. The summed E-state index contributed by atoms with van der Waals surface area (Å²) in [6.07, 6.45) is 2.92. The first-order chi connectivity index (χ1) is 7.63. The molecule has 1 unspecified atom stereocenters. The van der Waals surface area contributed by atoms with E-state index in [1.54, 1.807) is 0 Å². The van der Waals surface area contributed by atoms with Crippen LogP contribution in [0.5, 0.6) is 0 Å². The van der Waals surface area contributed by atoms with Gasteiger partial charge in [-0.2, -0.15) is 0 Å². The van der Waals surface area contributed by atoms with E-state index in [4.69, 9.17) is 5.11 Å². The van der Waals surface area contributed by atoms with Gasteiger partial charge in [-0.05, 0) is 12.8 Å². The predicted molar refractivity (Wildman–Crippen MR) is 63.3 cm³/mol. The molecule has 0 spiro atoms. The molecule has 4 nitrogen and oxygen atoms in total. The minimum absolute atomic E-state index is 0.0561. The maximum atomic E-state index is 11.9. The Bertz CT molecular complexity index is 452. The van der Waals surface area contributed by atoms with Gasteiger partial charge >= 0.3 is 0 Å². The van der Waals surface area contributed by atoms with E-state index < -0.39 is 15.1 Å². The average Bonchev–Trinajstić information content (AvgIpc) is 2.66. The zero-order chi connectivity index (χ0) is 11.6. The molecule has 1 aromatic heterocycles. The molecule has 0 radical (unpaired) electrons. The van der Waals surface area contributed by atoms with Crippen LogP contribution in [0.15, 0.2) is 5.38 Å². The van der Waals surface area contributed by atoms with Crippen molar-refractivity contribution in [2.24, 2.45) is 0 Å². The lowest BCUT2D eigenvalue weighted by molar-refractivity contribution is 0.298. The molecule has 1 aliphatic heterocycles. The average molecular weight is 261 g/mol. The van der Waals surface area contributed by atoms with E-state index in [0.717, 1.165) is 18.5 Å². The third kappa shape index (κ3) is 2.44. The summed E-state index contributed by atoms with van der Waals surface area (Å²) in [4.78, 5) is 4.30. The SMILES string of the molecule is O=S1(=O)CCCCC1c1nc(CCO)cs1. The van der Waals surface area contributed by atoms with Gasteiger partial charge in [-0.1, -0.05) is 6.42 Å². The molecule has 0 aromatic carbocycles. The van der Waals surface area contributed by atoms with E-state index >= 15 is 0 Å². The second kappa shape index (κ2) is 4.81. The standard InChI is InChI=1S/C10H15NO3S2/c12-5-4-8-7-15-10(11-8)9-3-1-2-6-16(9,13)14/h7,9,12H,1-6H2. The quantitative estimate of drug-likeness (QED) is 0.891. The first-order valence-corrected chi connectivity index (χ1v) is 8.00. The van der Waals surface area contributed by atoms with E-state index in [-0.39, 0.29) is 12.4 Å². The van der Waals surface area contributed by atoms with E-state index in [9.17, 15) is 8.42 Å². The third-order valence-electron chi connectivity index (χ3n) is 2.79. The fraction of sp³-hybridized carbons (Fsp3) is 0.700. The number of rotatable bonds is 3. The fourth-order valence-electron chi connectivity index (χ4n) is 1.93. The summed E-state index contributed by atoms with van der Waals surface area (Å²) < 4.78 is 23.7.